The largest absolute Gasteiger partial charge is 0.491 e. The van der Waals surface area contributed by atoms with Crippen LogP contribution >= 0.6 is 11.6 Å². The highest BCUT2D eigenvalue weighted by molar-refractivity contribution is 6.32. The van der Waals surface area contributed by atoms with Crippen LogP contribution in [0.5, 0.6) is 11.5 Å². The Morgan fingerprint density at radius 2 is 1.94 bits per heavy atom. The fourth-order valence-corrected chi connectivity index (χ4v) is 3.48. The molecule has 0 bridgehead atoms. The van der Waals surface area contributed by atoms with Crippen LogP contribution in [0.3, 0.4) is 0 Å². The Morgan fingerprint density at radius 1 is 1.23 bits per heavy atom. The van der Waals surface area contributed by atoms with Gasteiger partial charge in [0, 0.05) is 45.4 Å². The molecule has 1 aliphatic heterocycles. The van der Waals surface area contributed by atoms with Crippen molar-refractivity contribution >= 4 is 23.6 Å². The van der Waals surface area contributed by atoms with Gasteiger partial charge in [0.15, 0.2) is 11.5 Å². The van der Waals surface area contributed by atoms with Crippen LogP contribution < -0.4 is 9.47 Å². The van der Waals surface area contributed by atoms with E-state index < -0.39 is 12.8 Å². The molecule has 1 aromatic rings. The fourth-order valence-electron chi connectivity index (χ4n) is 3.19. The van der Waals surface area contributed by atoms with Gasteiger partial charge in [0.1, 0.15) is 6.61 Å². The van der Waals surface area contributed by atoms with Crippen molar-refractivity contribution in [2.75, 3.05) is 59.7 Å². The number of rotatable bonds is 10. The minimum Gasteiger partial charge on any atom is -0.491 e. The average Bonchev–Trinajstić information content (AvgIpc) is 2.71. The Morgan fingerprint density at radius 3 is 2.55 bits per heavy atom. The van der Waals surface area contributed by atoms with Crippen molar-refractivity contribution in [2.45, 2.75) is 19.5 Å². The molecule has 0 N–H and O–H groups in total. The molecule has 1 aromatic carbocycles. The molecule has 1 aliphatic rings. The van der Waals surface area contributed by atoms with E-state index >= 15 is 0 Å². The Bertz CT molecular complexity index is 751. The lowest BCUT2D eigenvalue weighted by Crippen LogP contribution is -2.48. The minimum absolute atomic E-state index is 0.0650. The molecule has 0 saturated carbocycles. The monoisotopic (exact) mass is 464 g/mol. The van der Waals surface area contributed by atoms with Crippen molar-refractivity contribution in [3.8, 4) is 11.5 Å². The number of hydrogen-bond donors (Lipinski definition) is 0. The summed E-state index contributed by atoms with van der Waals surface area (Å²) >= 11 is 6.23. The van der Waals surface area contributed by atoms with Crippen LogP contribution in [0.2, 0.25) is 5.02 Å². The number of methoxy groups -OCH3 is 1. The van der Waals surface area contributed by atoms with Crippen LogP contribution in [0.1, 0.15) is 18.9 Å². The molecular formula is C21H28ClF3N2O4. The average molecular weight is 465 g/mol. The van der Waals surface area contributed by atoms with Gasteiger partial charge < -0.3 is 19.1 Å². The molecule has 0 aliphatic carbocycles. The summed E-state index contributed by atoms with van der Waals surface area (Å²) in [6.45, 7) is 4.25. The summed E-state index contributed by atoms with van der Waals surface area (Å²) in [5.74, 6) is 0.849. The molecule has 1 fully saturated rings. The van der Waals surface area contributed by atoms with Gasteiger partial charge in [-0.1, -0.05) is 11.6 Å². The summed E-state index contributed by atoms with van der Waals surface area (Å²) in [5, 5.41) is 0.397. The molecule has 0 spiro atoms. The number of alkyl halides is 3. The summed E-state index contributed by atoms with van der Waals surface area (Å²) in [6, 6.07) is 3.46. The predicted octanol–water partition coefficient (Wildman–Crippen LogP) is 3.87. The Labute approximate surface area is 185 Å². The molecule has 6 nitrogen and oxygen atoms in total. The lowest BCUT2D eigenvalue weighted by molar-refractivity contribution is -0.174. The first-order chi connectivity index (χ1) is 14.7. The number of ether oxygens (including phenoxy) is 3. The van der Waals surface area contributed by atoms with Crippen LogP contribution in [-0.2, 0) is 9.53 Å². The van der Waals surface area contributed by atoms with Gasteiger partial charge in [0.05, 0.1) is 18.7 Å². The number of carbonyl (C=O) groups is 1. The molecule has 0 radical (unpaired) electrons. The third kappa shape index (κ3) is 8.59. The van der Waals surface area contributed by atoms with Crippen LogP contribution in [0.25, 0.3) is 6.08 Å². The number of nitrogens with zero attached hydrogens (tertiary/aromatic N) is 2. The van der Waals surface area contributed by atoms with Crippen LogP contribution in [0.4, 0.5) is 13.2 Å². The highest BCUT2D eigenvalue weighted by Gasteiger charge is 2.27. The first-order valence-electron chi connectivity index (χ1n) is 10.1. The molecule has 0 atom stereocenters. The van der Waals surface area contributed by atoms with E-state index in [1.807, 2.05) is 6.92 Å². The van der Waals surface area contributed by atoms with E-state index in [1.54, 1.807) is 23.1 Å². The lowest BCUT2D eigenvalue weighted by atomic mass is 10.1. The lowest BCUT2D eigenvalue weighted by Gasteiger charge is -2.34. The van der Waals surface area contributed by atoms with Gasteiger partial charge in [-0.3, -0.25) is 9.69 Å². The van der Waals surface area contributed by atoms with Crippen molar-refractivity contribution < 1.29 is 32.2 Å². The molecule has 31 heavy (non-hydrogen) atoms. The molecular weight excluding hydrogens is 437 g/mol. The number of hydrogen-bond acceptors (Lipinski definition) is 5. The minimum atomic E-state index is -4.29. The second-order valence-electron chi connectivity index (χ2n) is 6.99. The predicted molar refractivity (Wildman–Crippen MR) is 113 cm³/mol. The molecule has 1 heterocycles. The van der Waals surface area contributed by atoms with Gasteiger partial charge in [-0.15, -0.1) is 0 Å². The molecule has 10 heteroatoms. The first-order valence-corrected chi connectivity index (χ1v) is 10.5. The molecule has 174 valence electrons. The summed E-state index contributed by atoms with van der Waals surface area (Å²) in [4.78, 5) is 16.3. The van der Waals surface area contributed by atoms with Gasteiger partial charge in [0.25, 0.3) is 0 Å². The number of carbonyl (C=O) groups excluding carboxylic acids is 1. The van der Waals surface area contributed by atoms with Gasteiger partial charge in [-0.2, -0.15) is 13.2 Å². The van der Waals surface area contributed by atoms with E-state index in [0.717, 1.165) is 5.56 Å². The van der Waals surface area contributed by atoms with Crippen molar-refractivity contribution in [2.24, 2.45) is 0 Å². The number of amides is 1. The number of halogens is 4. The molecule has 0 aromatic heterocycles. The molecule has 1 saturated heterocycles. The number of benzene rings is 1. The zero-order valence-corrected chi connectivity index (χ0v) is 18.5. The van der Waals surface area contributed by atoms with Crippen LogP contribution in [0.15, 0.2) is 18.2 Å². The Hall–Kier alpha value is -1.97. The maximum atomic E-state index is 12.5. The van der Waals surface area contributed by atoms with Gasteiger partial charge in [0.2, 0.25) is 5.91 Å². The summed E-state index contributed by atoms with van der Waals surface area (Å²) in [6.07, 6.45) is -0.597. The van der Waals surface area contributed by atoms with E-state index in [4.69, 9.17) is 21.1 Å². The normalized spacial score (nSPS) is 15.5. The zero-order chi connectivity index (χ0) is 22.9. The fraction of sp³-hybridized carbons (Fsp3) is 0.571. The summed E-state index contributed by atoms with van der Waals surface area (Å²) in [5.41, 5.74) is 0.722. The molecule has 0 unspecified atom stereocenters. The maximum Gasteiger partial charge on any atom is 0.411 e. The van der Waals surface area contributed by atoms with Crippen molar-refractivity contribution in [3.63, 3.8) is 0 Å². The topological polar surface area (TPSA) is 51.2 Å². The maximum absolute atomic E-state index is 12.5. The second-order valence-corrected chi connectivity index (χ2v) is 7.40. The Balaban J connectivity index is 1.79. The van der Waals surface area contributed by atoms with E-state index in [9.17, 15) is 18.0 Å². The quantitative estimate of drug-likeness (QED) is 0.388. The van der Waals surface area contributed by atoms with Gasteiger partial charge >= 0.3 is 6.18 Å². The molecule has 1 amide bonds. The smallest absolute Gasteiger partial charge is 0.411 e. The number of piperazine rings is 1. The summed E-state index contributed by atoms with van der Waals surface area (Å²) in [7, 11) is 1.51. The molecule has 2 rings (SSSR count). The van der Waals surface area contributed by atoms with E-state index in [2.05, 4.69) is 9.64 Å². The van der Waals surface area contributed by atoms with Crippen molar-refractivity contribution in [1.82, 2.24) is 9.80 Å². The van der Waals surface area contributed by atoms with Crippen LogP contribution in [-0.4, -0.2) is 81.5 Å². The van der Waals surface area contributed by atoms with E-state index in [0.29, 0.717) is 62.3 Å². The highest BCUT2D eigenvalue weighted by Crippen LogP contribution is 2.36. The standard InChI is InChI=1S/C21H28ClF3N2O4/c1-3-31-18-14-16(13-17(22)20(18)29-2)5-6-19(28)27-10-8-26(9-11-27)7-4-12-30-15-21(23,24)25/h5-6,13-14H,3-4,7-12,15H2,1-2H3/b6-5+. The third-order valence-corrected chi connectivity index (χ3v) is 4.95. The van der Waals surface area contributed by atoms with Gasteiger partial charge in [-0.05, 0) is 37.1 Å². The summed E-state index contributed by atoms with van der Waals surface area (Å²) < 4.78 is 51.5. The SMILES string of the molecule is CCOc1cc(/C=C/C(=O)N2CCN(CCCOCC(F)(F)F)CC2)cc(Cl)c1OC. The highest BCUT2D eigenvalue weighted by atomic mass is 35.5. The zero-order valence-electron chi connectivity index (χ0n) is 17.7. The van der Waals surface area contributed by atoms with Crippen LogP contribution in [0, 0.1) is 0 Å². The second kappa shape index (κ2) is 12.2. The Kier molecular flexibility index (Phi) is 9.93. The van der Waals surface area contributed by atoms with Crippen molar-refractivity contribution in [1.29, 1.82) is 0 Å². The van der Waals surface area contributed by atoms with Crippen molar-refractivity contribution in [3.05, 3.63) is 28.8 Å². The van der Waals surface area contributed by atoms with E-state index in [-0.39, 0.29) is 12.5 Å². The third-order valence-electron chi connectivity index (χ3n) is 4.67. The van der Waals surface area contributed by atoms with E-state index in [1.165, 1.54) is 13.2 Å². The first kappa shape index (κ1) is 25.3. The van der Waals surface area contributed by atoms with Gasteiger partial charge in [-0.25, -0.2) is 0 Å².